The van der Waals surface area contributed by atoms with Gasteiger partial charge in [0.25, 0.3) is 0 Å². The Balaban J connectivity index is 2.42. The van der Waals surface area contributed by atoms with Crippen LogP contribution in [0.2, 0.25) is 0 Å². The third-order valence-corrected chi connectivity index (χ3v) is 3.68. The summed E-state index contributed by atoms with van der Waals surface area (Å²) in [6, 6.07) is 8.83. The molecular weight excluding hydrogens is 234 g/mol. The molecule has 19 heavy (non-hydrogen) atoms. The molecule has 1 N–H and O–H groups in total. The SMILES string of the molecule is C=CCOc1ccc(CNC(C)C(CC)CC)cc1. The third kappa shape index (κ3) is 5.48. The van der Waals surface area contributed by atoms with E-state index in [4.69, 9.17) is 4.74 Å². The van der Waals surface area contributed by atoms with E-state index < -0.39 is 0 Å². The molecule has 0 bridgehead atoms. The second-order valence-corrected chi connectivity index (χ2v) is 4.99. The summed E-state index contributed by atoms with van der Waals surface area (Å²) in [7, 11) is 0. The summed E-state index contributed by atoms with van der Waals surface area (Å²) >= 11 is 0. The van der Waals surface area contributed by atoms with Crippen LogP contribution < -0.4 is 10.1 Å². The molecule has 0 aromatic heterocycles. The van der Waals surface area contributed by atoms with Crippen LogP contribution in [-0.4, -0.2) is 12.6 Å². The van der Waals surface area contributed by atoms with E-state index in [9.17, 15) is 0 Å². The summed E-state index contributed by atoms with van der Waals surface area (Å²) < 4.78 is 5.47. The van der Waals surface area contributed by atoms with Gasteiger partial charge in [0.2, 0.25) is 0 Å². The molecule has 1 unspecified atom stereocenters. The molecule has 0 saturated heterocycles. The smallest absolute Gasteiger partial charge is 0.119 e. The molecule has 0 saturated carbocycles. The van der Waals surface area contributed by atoms with Gasteiger partial charge in [0.05, 0.1) is 0 Å². The monoisotopic (exact) mass is 261 g/mol. The molecule has 0 fully saturated rings. The topological polar surface area (TPSA) is 21.3 Å². The zero-order valence-electron chi connectivity index (χ0n) is 12.5. The van der Waals surface area contributed by atoms with Gasteiger partial charge in [0.1, 0.15) is 12.4 Å². The molecule has 1 aromatic carbocycles. The minimum atomic E-state index is 0.559. The number of benzene rings is 1. The van der Waals surface area contributed by atoms with Crippen molar-refractivity contribution in [3.05, 3.63) is 42.5 Å². The average molecular weight is 261 g/mol. The fourth-order valence-electron chi connectivity index (χ4n) is 2.30. The van der Waals surface area contributed by atoms with Crippen molar-refractivity contribution in [1.82, 2.24) is 5.32 Å². The molecule has 0 aliphatic carbocycles. The van der Waals surface area contributed by atoms with Crippen molar-refractivity contribution in [3.8, 4) is 5.75 Å². The molecule has 2 nitrogen and oxygen atoms in total. The molecule has 0 amide bonds. The second kappa shape index (κ2) is 8.76. The quantitative estimate of drug-likeness (QED) is 0.674. The first kappa shape index (κ1) is 15.8. The number of ether oxygens (including phenoxy) is 1. The van der Waals surface area contributed by atoms with E-state index in [-0.39, 0.29) is 0 Å². The molecule has 0 aliphatic rings. The van der Waals surface area contributed by atoms with E-state index in [2.05, 4.69) is 44.8 Å². The summed E-state index contributed by atoms with van der Waals surface area (Å²) in [5, 5.41) is 3.61. The summed E-state index contributed by atoms with van der Waals surface area (Å²) in [5.41, 5.74) is 1.30. The van der Waals surface area contributed by atoms with Gasteiger partial charge in [0.15, 0.2) is 0 Å². The number of nitrogens with one attached hydrogen (secondary N) is 1. The number of hydrogen-bond donors (Lipinski definition) is 1. The average Bonchev–Trinajstić information content (AvgIpc) is 2.45. The Morgan fingerprint density at radius 3 is 2.37 bits per heavy atom. The van der Waals surface area contributed by atoms with Gasteiger partial charge >= 0.3 is 0 Å². The van der Waals surface area contributed by atoms with E-state index in [1.165, 1.54) is 18.4 Å². The van der Waals surface area contributed by atoms with Crippen molar-refractivity contribution in [2.24, 2.45) is 5.92 Å². The molecule has 106 valence electrons. The first-order valence-electron chi connectivity index (χ1n) is 7.27. The third-order valence-electron chi connectivity index (χ3n) is 3.68. The normalized spacial score (nSPS) is 12.4. The molecular formula is C17H27NO. The molecule has 2 heteroatoms. The van der Waals surface area contributed by atoms with Crippen LogP contribution in [0.5, 0.6) is 5.75 Å². The standard InChI is InChI=1S/C17H27NO/c1-5-12-19-17-10-8-15(9-11-17)13-18-14(4)16(6-2)7-3/h5,8-11,14,16,18H,1,6-7,12-13H2,2-4H3. The van der Waals surface area contributed by atoms with Gasteiger partial charge in [-0.25, -0.2) is 0 Å². The summed E-state index contributed by atoms with van der Waals surface area (Å²) in [4.78, 5) is 0. The van der Waals surface area contributed by atoms with Gasteiger partial charge < -0.3 is 10.1 Å². The lowest BCUT2D eigenvalue weighted by molar-refractivity contribution is 0.352. The Kier molecular flexibility index (Phi) is 7.27. The zero-order chi connectivity index (χ0) is 14.1. The van der Waals surface area contributed by atoms with Crippen LogP contribution in [0, 0.1) is 5.92 Å². The lowest BCUT2D eigenvalue weighted by Crippen LogP contribution is -2.32. The lowest BCUT2D eigenvalue weighted by Gasteiger charge is -2.22. The molecule has 1 aromatic rings. The fraction of sp³-hybridized carbons (Fsp3) is 0.529. The van der Waals surface area contributed by atoms with E-state index in [1.54, 1.807) is 6.08 Å². The van der Waals surface area contributed by atoms with E-state index >= 15 is 0 Å². The van der Waals surface area contributed by atoms with Crippen molar-refractivity contribution in [2.45, 2.75) is 46.2 Å². The van der Waals surface area contributed by atoms with Crippen LogP contribution in [0.25, 0.3) is 0 Å². The van der Waals surface area contributed by atoms with Crippen molar-refractivity contribution >= 4 is 0 Å². The zero-order valence-corrected chi connectivity index (χ0v) is 12.5. The van der Waals surface area contributed by atoms with Crippen molar-refractivity contribution in [1.29, 1.82) is 0 Å². The van der Waals surface area contributed by atoms with Gasteiger partial charge in [-0.1, -0.05) is 51.5 Å². The number of hydrogen-bond acceptors (Lipinski definition) is 2. The van der Waals surface area contributed by atoms with Crippen molar-refractivity contribution in [3.63, 3.8) is 0 Å². The van der Waals surface area contributed by atoms with Gasteiger partial charge in [-0.3, -0.25) is 0 Å². The highest BCUT2D eigenvalue weighted by Gasteiger charge is 2.12. The molecule has 1 atom stereocenters. The van der Waals surface area contributed by atoms with Crippen LogP contribution in [0.1, 0.15) is 39.2 Å². The summed E-state index contributed by atoms with van der Waals surface area (Å²) in [6.45, 7) is 11.9. The predicted octanol–water partition coefficient (Wildman–Crippen LogP) is 4.17. The highest BCUT2D eigenvalue weighted by molar-refractivity contribution is 5.27. The highest BCUT2D eigenvalue weighted by Crippen LogP contribution is 2.15. The lowest BCUT2D eigenvalue weighted by atomic mass is 9.95. The largest absolute Gasteiger partial charge is 0.490 e. The molecule has 0 radical (unpaired) electrons. The molecule has 0 spiro atoms. The van der Waals surface area contributed by atoms with Gasteiger partial charge in [-0.2, -0.15) is 0 Å². The maximum atomic E-state index is 5.47. The minimum Gasteiger partial charge on any atom is -0.490 e. The maximum Gasteiger partial charge on any atom is 0.119 e. The predicted molar refractivity (Wildman–Crippen MR) is 82.5 cm³/mol. The Labute approximate surface area is 117 Å². The van der Waals surface area contributed by atoms with E-state index in [0.717, 1.165) is 18.2 Å². The van der Waals surface area contributed by atoms with Gasteiger partial charge in [0, 0.05) is 12.6 Å². The Bertz CT molecular complexity index is 354. The van der Waals surface area contributed by atoms with Gasteiger partial charge in [-0.05, 0) is 30.5 Å². The first-order chi connectivity index (χ1) is 9.21. The first-order valence-corrected chi connectivity index (χ1v) is 7.27. The Morgan fingerprint density at radius 2 is 1.84 bits per heavy atom. The summed E-state index contributed by atoms with van der Waals surface area (Å²) in [5.74, 6) is 1.66. The van der Waals surface area contributed by atoms with Crippen molar-refractivity contribution in [2.75, 3.05) is 6.61 Å². The van der Waals surface area contributed by atoms with Crippen LogP contribution in [0.15, 0.2) is 36.9 Å². The second-order valence-electron chi connectivity index (χ2n) is 4.99. The molecule has 0 heterocycles. The van der Waals surface area contributed by atoms with E-state index in [0.29, 0.717) is 12.6 Å². The maximum absolute atomic E-state index is 5.47. The minimum absolute atomic E-state index is 0.559. The number of rotatable bonds is 9. The highest BCUT2D eigenvalue weighted by atomic mass is 16.5. The van der Waals surface area contributed by atoms with Gasteiger partial charge in [-0.15, -0.1) is 0 Å². The molecule has 1 rings (SSSR count). The van der Waals surface area contributed by atoms with E-state index in [1.807, 2.05) is 12.1 Å². The van der Waals surface area contributed by atoms with Crippen LogP contribution in [0.3, 0.4) is 0 Å². The van der Waals surface area contributed by atoms with Crippen LogP contribution in [0.4, 0.5) is 0 Å². The summed E-state index contributed by atoms with van der Waals surface area (Å²) in [6.07, 6.45) is 4.23. The van der Waals surface area contributed by atoms with Crippen LogP contribution >= 0.6 is 0 Å². The Morgan fingerprint density at radius 1 is 1.21 bits per heavy atom. The molecule has 0 aliphatic heterocycles. The Hall–Kier alpha value is -1.28. The fourth-order valence-corrected chi connectivity index (χ4v) is 2.30. The van der Waals surface area contributed by atoms with Crippen LogP contribution in [-0.2, 0) is 6.54 Å². The van der Waals surface area contributed by atoms with Crippen molar-refractivity contribution < 1.29 is 4.74 Å².